The van der Waals surface area contributed by atoms with Crippen LogP contribution in [0.1, 0.15) is 32.1 Å². The molecule has 104 valence electrons. The van der Waals surface area contributed by atoms with Gasteiger partial charge in [-0.1, -0.05) is 18.9 Å². The van der Waals surface area contributed by atoms with E-state index in [1.807, 2.05) is 18.5 Å². The second kappa shape index (κ2) is 4.65. The lowest BCUT2D eigenvalue weighted by Gasteiger charge is -2.34. The molecule has 20 heavy (non-hydrogen) atoms. The van der Waals surface area contributed by atoms with Gasteiger partial charge < -0.3 is 10.6 Å². The minimum absolute atomic E-state index is 0.713. The monoisotopic (exact) mass is 267 g/mol. The van der Waals surface area contributed by atoms with E-state index < -0.39 is 0 Å². The van der Waals surface area contributed by atoms with Crippen molar-refractivity contribution in [3.05, 3.63) is 30.6 Å². The SMILES string of the molecule is Nc1c(N2CCC3CCCCC32)ccc2cnccc12. The highest BCUT2D eigenvalue weighted by Crippen LogP contribution is 2.42. The molecule has 2 fully saturated rings. The number of nitrogens with two attached hydrogens (primary N) is 1. The number of rotatable bonds is 1. The number of pyridine rings is 1. The van der Waals surface area contributed by atoms with Gasteiger partial charge in [0.1, 0.15) is 0 Å². The first-order chi connectivity index (χ1) is 9.84. The summed E-state index contributed by atoms with van der Waals surface area (Å²) in [6.07, 6.45) is 10.6. The summed E-state index contributed by atoms with van der Waals surface area (Å²) in [5.41, 5.74) is 8.61. The fourth-order valence-electron chi connectivity index (χ4n) is 4.14. The molecular formula is C17H21N3. The van der Waals surface area contributed by atoms with Crippen LogP contribution in [0.15, 0.2) is 30.6 Å². The normalized spacial score (nSPS) is 25.9. The molecule has 1 aromatic carbocycles. The average Bonchev–Trinajstić information content (AvgIpc) is 2.92. The van der Waals surface area contributed by atoms with Gasteiger partial charge in [-0.2, -0.15) is 0 Å². The van der Waals surface area contributed by atoms with E-state index in [1.165, 1.54) is 37.8 Å². The second-order valence-corrected chi connectivity index (χ2v) is 6.19. The second-order valence-electron chi connectivity index (χ2n) is 6.19. The molecule has 2 N–H and O–H groups in total. The number of nitrogen functional groups attached to an aromatic ring is 1. The van der Waals surface area contributed by atoms with Crippen LogP contribution in [0.4, 0.5) is 11.4 Å². The Bertz CT molecular complexity index is 637. The van der Waals surface area contributed by atoms with Gasteiger partial charge in [0.25, 0.3) is 0 Å². The van der Waals surface area contributed by atoms with Gasteiger partial charge in [0, 0.05) is 35.8 Å². The van der Waals surface area contributed by atoms with Crippen LogP contribution in [-0.2, 0) is 0 Å². The predicted octanol–water partition coefficient (Wildman–Crippen LogP) is 3.59. The summed E-state index contributed by atoms with van der Waals surface area (Å²) in [7, 11) is 0. The Morgan fingerprint density at radius 2 is 2.00 bits per heavy atom. The highest BCUT2D eigenvalue weighted by atomic mass is 15.2. The molecule has 1 aromatic heterocycles. The van der Waals surface area contributed by atoms with Crippen LogP contribution in [-0.4, -0.2) is 17.6 Å². The lowest BCUT2D eigenvalue weighted by molar-refractivity contribution is 0.342. The van der Waals surface area contributed by atoms with Crippen molar-refractivity contribution in [3.8, 4) is 0 Å². The summed E-state index contributed by atoms with van der Waals surface area (Å²) in [4.78, 5) is 6.75. The number of benzene rings is 1. The zero-order valence-electron chi connectivity index (χ0n) is 11.8. The zero-order valence-corrected chi connectivity index (χ0v) is 11.8. The molecule has 2 aromatic rings. The molecule has 1 aliphatic heterocycles. The molecule has 3 nitrogen and oxygen atoms in total. The van der Waals surface area contributed by atoms with E-state index in [4.69, 9.17) is 5.73 Å². The Hall–Kier alpha value is -1.77. The quantitative estimate of drug-likeness (QED) is 0.803. The Morgan fingerprint density at radius 1 is 1.10 bits per heavy atom. The summed E-state index contributed by atoms with van der Waals surface area (Å²) in [5, 5.41) is 2.27. The van der Waals surface area contributed by atoms with Gasteiger partial charge in [-0.25, -0.2) is 0 Å². The number of hydrogen-bond acceptors (Lipinski definition) is 3. The Balaban J connectivity index is 1.77. The molecule has 0 spiro atoms. The van der Waals surface area contributed by atoms with Crippen LogP contribution in [0, 0.1) is 5.92 Å². The average molecular weight is 267 g/mol. The molecule has 0 bridgehead atoms. The number of aromatic nitrogens is 1. The third kappa shape index (κ3) is 1.76. The van der Waals surface area contributed by atoms with E-state index in [-0.39, 0.29) is 0 Å². The number of nitrogens with zero attached hydrogens (tertiary/aromatic N) is 2. The van der Waals surface area contributed by atoms with Crippen LogP contribution in [0.25, 0.3) is 10.8 Å². The van der Waals surface area contributed by atoms with Crippen molar-refractivity contribution < 1.29 is 0 Å². The van der Waals surface area contributed by atoms with Gasteiger partial charge in [0.05, 0.1) is 11.4 Å². The number of anilines is 2. The standard InChI is InChI=1S/C17H21N3/c18-17-14-7-9-19-11-13(14)5-6-16(17)20-10-8-12-3-1-2-4-15(12)20/h5-7,9,11-12,15H,1-4,8,10,18H2. The molecule has 4 rings (SSSR count). The van der Waals surface area contributed by atoms with Crippen molar-refractivity contribution in [1.29, 1.82) is 0 Å². The zero-order chi connectivity index (χ0) is 13.5. The van der Waals surface area contributed by atoms with Gasteiger partial charge in [-0.15, -0.1) is 0 Å². The molecule has 0 amide bonds. The smallest absolute Gasteiger partial charge is 0.0632 e. The first-order valence-electron chi connectivity index (χ1n) is 7.73. The van der Waals surface area contributed by atoms with Crippen LogP contribution >= 0.6 is 0 Å². The highest BCUT2D eigenvalue weighted by molar-refractivity contribution is 5.98. The van der Waals surface area contributed by atoms with Gasteiger partial charge in [-0.3, -0.25) is 4.98 Å². The molecule has 2 heterocycles. The summed E-state index contributed by atoms with van der Waals surface area (Å²) in [5.74, 6) is 0.885. The van der Waals surface area contributed by atoms with Gasteiger partial charge in [-0.05, 0) is 37.3 Å². The van der Waals surface area contributed by atoms with Crippen molar-refractivity contribution in [2.24, 2.45) is 5.92 Å². The van der Waals surface area contributed by atoms with E-state index in [0.717, 1.165) is 28.9 Å². The predicted molar refractivity (Wildman–Crippen MR) is 83.9 cm³/mol. The van der Waals surface area contributed by atoms with E-state index in [2.05, 4.69) is 22.0 Å². The topological polar surface area (TPSA) is 42.1 Å². The molecule has 3 heteroatoms. The number of fused-ring (bicyclic) bond motifs is 2. The molecule has 2 aliphatic rings. The molecule has 1 aliphatic carbocycles. The van der Waals surface area contributed by atoms with E-state index >= 15 is 0 Å². The highest BCUT2D eigenvalue weighted by Gasteiger charge is 2.36. The van der Waals surface area contributed by atoms with Crippen molar-refractivity contribution in [2.75, 3.05) is 17.2 Å². The van der Waals surface area contributed by atoms with Crippen LogP contribution < -0.4 is 10.6 Å². The summed E-state index contributed by atoms with van der Waals surface area (Å²) >= 11 is 0. The third-order valence-corrected chi connectivity index (χ3v) is 5.16. The van der Waals surface area contributed by atoms with E-state index in [1.54, 1.807) is 0 Å². The van der Waals surface area contributed by atoms with Crippen LogP contribution in [0.3, 0.4) is 0 Å². The minimum atomic E-state index is 0.713. The molecule has 2 unspecified atom stereocenters. The minimum Gasteiger partial charge on any atom is -0.397 e. The lowest BCUT2D eigenvalue weighted by Crippen LogP contribution is -2.35. The first kappa shape index (κ1) is 12.0. The lowest BCUT2D eigenvalue weighted by atomic mass is 9.85. The first-order valence-corrected chi connectivity index (χ1v) is 7.73. The fraction of sp³-hybridized carbons (Fsp3) is 0.471. The maximum atomic E-state index is 6.45. The van der Waals surface area contributed by atoms with E-state index in [9.17, 15) is 0 Å². The Labute approximate surface area is 119 Å². The third-order valence-electron chi connectivity index (χ3n) is 5.16. The Kier molecular flexibility index (Phi) is 2.79. The molecule has 0 radical (unpaired) electrons. The maximum absolute atomic E-state index is 6.45. The van der Waals surface area contributed by atoms with Crippen LogP contribution in [0.5, 0.6) is 0 Å². The number of hydrogen-bond donors (Lipinski definition) is 1. The molecule has 1 saturated carbocycles. The van der Waals surface area contributed by atoms with Crippen molar-refractivity contribution >= 4 is 22.1 Å². The van der Waals surface area contributed by atoms with Gasteiger partial charge >= 0.3 is 0 Å². The molecule has 1 saturated heterocycles. The summed E-state index contributed by atoms with van der Waals surface area (Å²) in [6, 6.07) is 7.09. The fourth-order valence-corrected chi connectivity index (χ4v) is 4.14. The maximum Gasteiger partial charge on any atom is 0.0632 e. The van der Waals surface area contributed by atoms with E-state index in [0.29, 0.717) is 6.04 Å². The summed E-state index contributed by atoms with van der Waals surface area (Å²) in [6.45, 7) is 1.16. The van der Waals surface area contributed by atoms with Crippen LogP contribution in [0.2, 0.25) is 0 Å². The molecule has 2 atom stereocenters. The van der Waals surface area contributed by atoms with Gasteiger partial charge in [0.15, 0.2) is 0 Å². The summed E-state index contributed by atoms with van der Waals surface area (Å²) < 4.78 is 0. The molecular weight excluding hydrogens is 246 g/mol. The Morgan fingerprint density at radius 3 is 2.95 bits per heavy atom. The van der Waals surface area contributed by atoms with Crippen molar-refractivity contribution in [1.82, 2.24) is 4.98 Å². The van der Waals surface area contributed by atoms with Crippen molar-refractivity contribution in [3.63, 3.8) is 0 Å². The largest absolute Gasteiger partial charge is 0.397 e. The van der Waals surface area contributed by atoms with Crippen molar-refractivity contribution in [2.45, 2.75) is 38.1 Å². The van der Waals surface area contributed by atoms with Gasteiger partial charge in [0.2, 0.25) is 0 Å².